The molecule has 0 aromatic heterocycles. The van der Waals surface area contributed by atoms with Gasteiger partial charge >= 0.3 is 6.09 Å². The van der Waals surface area contributed by atoms with Crippen molar-refractivity contribution < 1.29 is 14.3 Å². The van der Waals surface area contributed by atoms with Crippen LogP contribution in [0.4, 0.5) is 4.79 Å². The molecule has 0 unspecified atom stereocenters. The van der Waals surface area contributed by atoms with Crippen molar-refractivity contribution in [2.75, 3.05) is 13.1 Å². The number of likely N-dealkylation sites (tertiary alicyclic amines) is 1. The number of nitrogens with zero attached hydrogens (tertiary/aromatic N) is 1. The molecule has 2 fully saturated rings. The van der Waals surface area contributed by atoms with E-state index in [2.05, 4.69) is 0 Å². The van der Waals surface area contributed by atoms with Crippen molar-refractivity contribution in [2.45, 2.75) is 39.2 Å². The van der Waals surface area contributed by atoms with E-state index >= 15 is 0 Å². The predicted octanol–water partition coefficient (Wildman–Crippen LogP) is 1.83. The van der Waals surface area contributed by atoms with E-state index in [1.54, 1.807) is 4.90 Å². The number of aldehydes is 1. The summed E-state index contributed by atoms with van der Waals surface area (Å²) in [6.07, 6.45) is 2.98. The third-order valence-corrected chi connectivity index (χ3v) is 3.25. The van der Waals surface area contributed by atoms with Crippen LogP contribution in [0.5, 0.6) is 0 Å². The predicted molar refractivity (Wildman–Crippen MR) is 59.0 cm³/mol. The minimum absolute atomic E-state index is 0.253. The van der Waals surface area contributed by atoms with Gasteiger partial charge in [-0.3, -0.25) is 0 Å². The molecule has 0 radical (unpaired) electrons. The Morgan fingerprint density at radius 3 is 2.31 bits per heavy atom. The van der Waals surface area contributed by atoms with Gasteiger partial charge in [-0.1, -0.05) is 0 Å². The molecule has 1 saturated heterocycles. The van der Waals surface area contributed by atoms with Crippen molar-refractivity contribution in [3.05, 3.63) is 0 Å². The van der Waals surface area contributed by atoms with Crippen LogP contribution in [0, 0.1) is 11.3 Å². The Hall–Kier alpha value is -1.06. The first-order valence-electron chi connectivity index (χ1n) is 5.81. The summed E-state index contributed by atoms with van der Waals surface area (Å²) in [7, 11) is 0. The van der Waals surface area contributed by atoms with Gasteiger partial charge in [-0.2, -0.15) is 0 Å². The second-order valence-electron chi connectivity index (χ2n) is 5.96. The number of rotatable bonds is 2. The molecule has 0 bridgehead atoms. The molecule has 1 aliphatic heterocycles. The normalized spacial score (nSPS) is 23.6. The first-order chi connectivity index (χ1) is 7.36. The molecular weight excluding hydrogens is 206 g/mol. The molecule has 1 saturated carbocycles. The van der Waals surface area contributed by atoms with Crippen molar-refractivity contribution in [1.82, 2.24) is 4.90 Å². The van der Waals surface area contributed by atoms with E-state index in [0.717, 1.165) is 19.1 Å². The summed E-state index contributed by atoms with van der Waals surface area (Å²) in [4.78, 5) is 24.4. The van der Waals surface area contributed by atoms with Gasteiger partial charge in [-0.05, 0) is 39.5 Å². The van der Waals surface area contributed by atoms with E-state index in [-0.39, 0.29) is 11.5 Å². The summed E-state index contributed by atoms with van der Waals surface area (Å²) in [6.45, 7) is 6.61. The molecular formula is C12H19NO3. The number of hydrogen-bond donors (Lipinski definition) is 0. The molecule has 0 atom stereocenters. The van der Waals surface area contributed by atoms with Crippen LogP contribution in [-0.4, -0.2) is 36.0 Å². The highest BCUT2D eigenvalue weighted by Crippen LogP contribution is 2.49. The first kappa shape index (κ1) is 11.4. The van der Waals surface area contributed by atoms with Crippen molar-refractivity contribution in [3.63, 3.8) is 0 Å². The molecule has 1 amide bonds. The summed E-state index contributed by atoms with van der Waals surface area (Å²) < 4.78 is 5.25. The van der Waals surface area contributed by atoms with E-state index in [0.29, 0.717) is 19.0 Å². The molecule has 2 rings (SSSR count). The zero-order chi connectivity index (χ0) is 12.0. The number of amides is 1. The first-order valence-corrected chi connectivity index (χ1v) is 5.81. The van der Waals surface area contributed by atoms with Crippen LogP contribution in [0.15, 0.2) is 0 Å². The maximum absolute atomic E-state index is 11.7. The average Bonchev–Trinajstić information content (AvgIpc) is 2.83. The molecule has 16 heavy (non-hydrogen) atoms. The van der Waals surface area contributed by atoms with Crippen molar-refractivity contribution >= 4 is 12.4 Å². The lowest BCUT2D eigenvalue weighted by molar-refractivity contribution is -0.127. The van der Waals surface area contributed by atoms with Gasteiger partial charge in [0.2, 0.25) is 0 Å². The minimum atomic E-state index is -0.462. The fraction of sp³-hybridized carbons (Fsp3) is 0.833. The second kappa shape index (κ2) is 3.47. The van der Waals surface area contributed by atoms with Gasteiger partial charge in [0, 0.05) is 13.1 Å². The summed E-state index contributed by atoms with van der Waals surface area (Å²) >= 11 is 0. The van der Waals surface area contributed by atoms with Gasteiger partial charge in [0.25, 0.3) is 0 Å². The lowest BCUT2D eigenvalue weighted by Gasteiger charge is -2.47. The fourth-order valence-corrected chi connectivity index (χ4v) is 2.21. The van der Waals surface area contributed by atoms with Crippen LogP contribution < -0.4 is 0 Å². The van der Waals surface area contributed by atoms with Crippen molar-refractivity contribution in [3.8, 4) is 0 Å². The van der Waals surface area contributed by atoms with Crippen LogP contribution in [0.2, 0.25) is 0 Å². The van der Waals surface area contributed by atoms with E-state index in [1.807, 2.05) is 20.8 Å². The van der Waals surface area contributed by atoms with Crippen LogP contribution in [0.3, 0.4) is 0 Å². The smallest absolute Gasteiger partial charge is 0.410 e. The molecule has 0 spiro atoms. The molecule has 0 N–H and O–H groups in total. The molecule has 1 heterocycles. The van der Waals surface area contributed by atoms with Crippen molar-refractivity contribution in [2.24, 2.45) is 11.3 Å². The highest BCUT2D eigenvalue weighted by Gasteiger charge is 2.55. The van der Waals surface area contributed by atoms with E-state index in [9.17, 15) is 9.59 Å². The second-order valence-corrected chi connectivity index (χ2v) is 5.96. The van der Waals surface area contributed by atoms with Gasteiger partial charge < -0.3 is 14.4 Å². The van der Waals surface area contributed by atoms with Crippen molar-refractivity contribution in [1.29, 1.82) is 0 Å². The number of ether oxygens (including phenoxy) is 1. The van der Waals surface area contributed by atoms with Gasteiger partial charge in [0.1, 0.15) is 11.9 Å². The van der Waals surface area contributed by atoms with Crippen LogP contribution >= 0.6 is 0 Å². The Balaban J connectivity index is 1.87. The number of carbonyl (C=O) groups is 2. The standard InChI is InChI=1S/C12H19NO3/c1-11(2,3)16-10(15)13-6-12(7-13,8-14)9-4-5-9/h8-9H,4-7H2,1-3H3. The Labute approximate surface area is 95.9 Å². The van der Waals surface area contributed by atoms with Gasteiger partial charge in [0.15, 0.2) is 0 Å². The maximum atomic E-state index is 11.7. The van der Waals surface area contributed by atoms with E-state index in [1.165, 1.54) is 0 Å². The minimum Gasteiger partial charge on any atom is -0.444 e. The Kier molecular flexibility index (Phi) is 2.48. The quantitative estimate of drug-likeness (QED) is 0.673. The molecule has 0 aromatic rings. The Morgan fingerprint density at radius 1 is 1.38 bits per heavy atom. The summed E-state index contributed by atoms with van der Waals surface area (Å²) in [5.41, 5.74) is -0.715. The van der Waals surface area contributed by atoms with Crippen LogP contribution in [-0.2, 0) is 9.53 Å². The molecule has 4 heteroatoms. The molecule has 4 nitrogen and oxygen atoms in total. The Bertz CT molecular complexity index is 309. The topological polar surface area (TPSA) is 46.6 Å². The highest BCUT2D eigenvalue weighted by molar-refractivity contribution is 5.74. The van der Waals surface area contributed by atoms with E-state index in [4.69, 9.17) is 4.74 Å². The average molecular weight is 225 g/mol. The van der Waals surface area contributed by atoms with Gasteiger partial charge in [-0.15, -0.1) is 0 Å². The Morgan fingerprint density at radius 2 is 1.94 bits per heavy atom. The molecule has 90 valence electrons. The van der Waals surface area contributed by atoms with Crippen LogP contribution in [0.1, 0.15) is 33.6 Å². The highest BCUT2D eigenvalue weighted by atomic mass is 16.6. The maximum Gasteiger partial charge on any atom is 0.410 e. The zero-order valence-electron chi connectivity index (χ0n) is 10.2. The molecule has 0 aromatic carbocycles. The fourth-order valence-electron chi connectivity index (χ4n) is 2.21. The third kappa shape index (κ3) is 2.06. The van der Waals surface area contributed by atoms with Gasteiger partial charge in [-0.25, -0.2) is 4.79 Å². The summed E-state index contributed by atoms with van der Waals surface area (Å²) in [5, 5.41) is 0. The SMILES string of the molecule is CC(C)(C)OC(=O)N1CC(C=O)(C2CC2)C1. The number of carbonyl (C=O) groups excluding carboxylic acids is 2. The van der Waals surface area contributed by atoms with E-state index < -0.39 is 5.60 Å². The number of hydrogen-bond acceptors (Lipinski definition) is 3. The molecule has 2 aliphatic rings. The largest absolute Gasteiger partial charge is 0.444 e. The summed E-state index contributed by atoms with van der Waals surface area (Å²) in [5.74, 6) is 0.503. The lowest BCUT2D eigenvalue weighted by Crippen LogP contribution is -2.61. The third-order valence-electron chi connectivity index (χ3n) is 3.25. The lowest BCUT2D eigenvalue weighted by atomic mass is 9.77. The molecule has 1 aliphatic carbocycles. The monoisotopic (exact) mass is 225 g/mol. The zero-order valence-corrected chi connectivity index (χ0v) is 10.2. The van der Waals surface area contributed by atoms with Gasteiger partial charge in [0.05, 0.1) is 5.41 Å². The summed E-state index contributed by atoms with van der Waals surface area (Å²) in [6, 6.07) is 0. The van der Waals surface area contributed by atoms with Crippen LogP contribution in [0.25, 0.3) is 0 Å².